The molecular formula is C18H13ClNO4S2-. The van der Waals surface area contributed by atoms with Crippen LogP contribution in [0.2, 0.25) is 5.02 Å². The predicted molar refractivity (Wildman–Crippen MR) is 103 cm³/mol. The van der Waals surface area contributed by atoms with Crippen molar-refractivity contribution in [1.82, 2.24) is 4.90 Å². The highest BCUT2D eigenvalue weighted by atomic mass is 35.5. The molecule has 0 N–H and O–H groups in total. The third-order valence-electron chi connectivity index (χ3n) is 3.82. The van der Waals surface area contributed by atoms with Crippen LogP contribution in [0.1, 0.15) is 19.1 Å². The van der Waals surface area contributed by atoms with Gasteiger partial charge in [-0.1, -0.05) is 42.5 Å². The molecule has 3 rings (SSSR count). The fraction of sp³-hybridized carbons (Fsp3) is 0.167. The van der Waals surface area contributed by atoms with Crippen molar-refractivity contribution < 1.29 is 19.1 Å². The number of carbonyl (C=O) groups excluding carboxylic acids is 2. The number of rotatable bonds is 5. The molecule has 0 bridgehead atoms. The quantitative estimate of drug-likeness (QED) is 0.560. The van der Waals surface area contributed by atoms with Gasteiger partial charge in [-0.25, -0.2) is 0 Å². The van der Waals surface area contributed by atoms with E-state index in [1.54, 1.807) is 37.3 Å². The van der Waals surface area contributed by atoms with Crippen LogP contribution in [0.4, 0.5) is 0 Å². The number of aliphatic carboxylic acids is 1. The number of furan rings is 1. The lowest BCUT2D eigenvalue weighted by Gasteiger charge is -2.26. The fourth-order valence-electron chi connectivity index (χ4n) is 2.53. The van der Waals surface area contributed by atoms with E-state index in [-0.39, 0.29) is 10.7 Å². The van der Waals surface area contributed by atoms with Gasteiger partial charge in [-0.3, -0.25) is 9.69 Å². The summed E-state index contributed by atoms with van der Waals surface area (Å²) in [6.07, 6.45) is 1.77. The molecule has 0 spiro atoms. The van der Waals surface area contributed by atoms with Gasteiger partial charge in [0.05, 0.1) is 16.9 Å². The minimum Gasteiger partial charge on any atom is -0.548 e. The highest BCUT2D eigenvalue weighted by Crippen LogP contribution is 2.35. The first-order valence-corrected chi connectivity index (χ1v) is 9.34. The molecule has 5 nitrogen and oxygen atoms in total. The Kier molecular flexibility index (Phi) is 5.50. The van der Waals surface area contributed by atoms with Gasteiger partial charge in [-0.2, -0.15) is 0 Å². The van der Waals surface area contributed by atoms with Gasteiger partial charge in [0.25, 0.3) is 5.91 Å². The van der Waals surface area contributed by atoms with Crippen LogP contribution in [0.3, 0.4) is 0 Å². The zero-order valence-corrected chi connectivity index (χ0v) is 16.0. The average molecular weight is 407 g/mol. The molecule has 1 fully saturated rings. The summed E-state index contributed by atoms with van der Waals surface area (Å²) >= 11 is 12.1. The van der Waals surface area contributed by atoms with Crippen molar-refractivity contribution in [3.8, 4) is 11.3 Å². The Morgan fingerprint density at radius 3 is 2.65 bits per heavy atom. The van der Waals surface area contributed by atoms with Crippen molar-refractivity contribution in [3.63, 3.8) is 0 Å². The zero-order chi connectivity index (χ0) is 18.8. The van der Waals surface area contributed by atoms with Gasteiger partial charge in [0.15, 0.2) is 0 Å². The molecule has 1 aliphatic rings. The Balaban J connectivity index is 1.85. The van der Waals surface area contributed by atoms with Crippen molar-refractivity contribution in [2.24, 2.45) is 0 Å². The SMILES string of the molecule is CC[C@H](C(=O)[O-])N1C(=O)/C(=C\c2ccc(-c3ccc(Cl)cc3)o2)SC1=S. The number of nitrogens with zero attached hydrogens (tertiary/aromatic N) is 1. The Labute approximate surface area is 164 Å². The lowest BCUT2D eigenvalue weighted by atomic mass is 10.2. The summed E-state index contributed by atoms with van der Waals surface area (Å²) in [6, 6.07) is 9.61. The molecule has 1 aromatic heterocycles. The number of amides is 1. The summed E-state index contributed by atoms with van der Waals surface area (Å²) in [5, 5.41) is 11.9. The number of carboxylic acids is 1. The molecule has 1 aromatic carbocycles. The largest absolute Gasteiger partial charge is 0.548 e. The maximum absolute atomic E-state index is 12.5. The maximum atomic E-state index is 12.5. The first-order valence-electron chi connectivity index (χ1n) is 7.74. The molecule has 1 saturated heterocycles. The van der Waals surface area contributed by atoms with Crippen molar-refractivity contribution >= 4 is 57.9 Å². The van der Waals surface area contributed by atoms with E-state index in [4.69, 9.17) is 28.2 Å². The monoisotopic (exact) mass is 406 g/mol. The highest BCUT2D eigenvalue weighted by Gasteiger charge is 2.37. The van der Waals surface area contributed by atoms with Crippen LogP contribution in [0, 0.1) is 0 Å². The van der Waals surface area contributed by atoms with Crippen molar-refractivity contribution in [3.05, 3.63) is 52.1 Å². The van der Waals surface area contributed by atoms with Crippen LogP contribution in [0.5, 0.6) is 0 Å². The summed E-state index contributed by atoms with van der Waals surface area (Å²) in [5.41, 5.74) is 0.851. The number of hydrogen-bond acceptors (Lipinski definition) is 6. The zero-order valence-electron chi connectivity index (χ0n) is 13.6. The normalized spacial score (nSPS) is 17.2. The lowest BCUT2D eigenvalue weighted by molar-refractivity contribution is -0.310. The minimum atomic E-state index is -1.33. The molecule has 1 atom stereocenters. The Hall–Kier alpha value is -2.09. The summed E-state index contributed by atoms with van der Waals surface area (Å²) in [5.74, 6) is -0.685. The molecule has 0 aliphatic carbocycles. The Morgan fingerprint density at radius 1 is 1.35 bits per heavy atom. The number of halogens is 1. The number of benzene rings is 1. The van der Waals surface area contributed by atoms with Crippen molar-refractivity contribution in [1.29, 1.82) is 0 Å². The van der Waals surface area contributed by atoms with Gasteiger partial charge in [0.1, 0.15) is 15.8 Å². The van der Waals surface area contributed by atoms with E-state index in [2.05, 4.69) is 0 Å². The van der Waals surface area contributed by atoms with Gasteiger partial charge < -0.3 is 14.3 Å². The Bertz CT molecular complexity index is 904. The molecule has 2 aromatic rings. The van der Waals surface area contributed by atoms with E-state index in [1.165, 1.54) is 0 Å². The van der Waals surface area contributed by atoms with Crippen molar-refractivity contribution in [2.75, 3.05) is 0 Å². The summed E-state index contributed by atoms with van der Waals surface area (Å²) in [4.78, 5) is 25.2. The second-order valence-electron chi connectivity index (χ2n) is 5.50. The maximum Gasteiger partial charge on any atom is 0.266 e. The molecule has 8 heteroatoms. The predicted octanol–water partition coefficient (Wildman–Crippen LogP) is 3.33. The number of hydrogen-bond donors (Lipinski definition) is 0. The second kappa shape index (κ2) is 7.65. The lowest BCUT2D eigenvalue weighted by Crippen LogP contribution is -2.49. The van der Waals surface area contributed by atoms with E-state index in [1.807, 2.05) is 12.1 Å². The van der Waals surface area contributed by atoms with Crippen molar-refractivity contribution in [2.45, 2.75) is 19.4 Å². The molecule has 1 amide bonds. The third kappa shape index (κ3) is 3.70. The van der Waals surface area contributed by atoms with E-state index in [9.17, 15) is 14.7 Å². The third-order valence-corrected chi connectivity index (χ3v) is 5.41. The standard InChI is InChI=1S/C18H14ClNO4S2/c1-2-13(17(22)23)20-16(21)15(26-18(20)25)9-12-7-8-14(24-12)10-3-5-11(19)6-4-10/h3-9,13H,2H2,1H3,(H,22,23)/p-1/b15-9+/t13-/m1/s1. The van der Waals surface area contributed by atoms with Crippen LogP contribution in [-0.4, -0.2) is 27.1 Å². The second-order valence-corrected chi connectivity index (χ2v) is 7.62. The molecule has 26 heavy (non-hydrogen) atoms. The van der Waals surface area contributed by atoms with E-state index in [0.717, 1.165) is 22.2 Å². The molecule has 134 valence electrons. The topological polar surface area (TPSA) is 73.6 Å². The molecule has 2 heterocycles. The first kappa shape index (κ1) is 18.7. The fourth-order valence-corrected chi connectivity index (χ4v) is 3.99. The van der Waals surface area contributed by atoms with E-state index >= 15 is 0 Å². The Morgan fingerprint density at radius 2 is 2.04 bits per heavy atom. The molecule has 1 aliphatic heterocycles. The van der Waals surface area contributed by atoms with Gasteiger partial charge in [-0.05, 0) is 42.8 Å². The molecule has 0 radical (unpaired) electrons. The van der Waals surface area contributed by atoms with E-state index < -0.39 is 17.9 Å². The van der Waals surface area contributed by atoms with Gasteiger partial charge in [0.2, 0.25) is 0 Å². The van der Waals surface area contributed by atoms with Gasteiger partial charge >= 0.3 is 0 Å². The average Bonchev–Trinajstić information content (AvgIpc) is 3.16. The van der Waals surface area contributed by atoms with Crippen LogP contribution in [0.15, 0.2) is 45.7 Å². The van der Waals surface area contributed by atoms with Crippen LogP contribution < -0.4 is 5.11 Å². The smallest absolute Gasteiger partial charge is 0.266 e. The van der Waals surface area contributed by atoms with Crippen LogP contribution in [-0.2, 0) is 9.59 Å². The first-order chi connectivity index (χ1) is 12.4. The summed E-state index contributed by atoms with van der Waals surface area (Å²) in [7, 11) is 0. The highest BCUT2D eigenvalue weighted by molar-refractivity contribution is 8.26. The van der Waals surface area contributed by atoms with Crippen LogP contribution >= 0.6 is 35.6 Å². The minimum absolute atomic E-state index is 0.196. The molecular weight excluding hydrogens is 394 g/mol. The number of thiocarbonyl (C=S) groups is 1. The number of carbonyl (C=O) groups is 2. The van der Waals surface area contributed by atoms with Gasteiger partial charge in [0, 0.05) is 16.7 Å². The molecule has 0 saturated carbocycles. The summed E-state index contributed by atoms with van der Waals surface area (Å²) in [6.45, 7) is 1.66. The number of carboxylic acid groups (broad SMARTS) is 1. The van der Waals surface area contributed by atoms with Crippen LogP contribution in [0.25, 0.3) is 17.4 Å². The summed E-state index contributed by atoms with van der Waals surface area (Å²) < 4.78 is 5.95. The van der Waals surface area contributed by atoms with E-state index in [0.29, 0.717) is 21.4 Å². The number of thioether (sulfide) groups is 1. The van der Waals surface area contributed by atoms with Gasteiger partial charge in [-0.15, -0.1) is 0 Å². The molecule has 0 unspecified atom stereocenters.